The lowest BCUT2D eigenvalue weighted by Gasteiger charge is -2.21. The van der Waals surface area contributed by atoms with Crippen molar-refractivity contribution >= 4 is 17.4 Å². The largest absolute Gasteiger partial charge is 0.495 e. The number of anilines is 1. The Hall–Kier alpha value is -3.07. The zero-order valence-corrected chi connectivity index (χ0v) is 16.1. The summed E-state index contributed by atoms with van der Waals surface area (Å²) in [6, 6.07) is 11.7. The van der Waals surface area contributed by atoms with Crippen molar-refractivity contribution < 1.29 is 27.5 Å². The Labute approximate surface area is 165 Å². The van der Waals surface area contributed by atoms with Crippen molar-refractivity contribution in [1.29, 1.82) is 0 Å². The molecule has 9 heteroatoms. The first-order valence-electron chi connectivity index (χ1n) is 8.74. The summed E-state index contributed by atoms with van der Waals surface area (Å²) < 4.78 is 44.2. The monoisotopic (exact) mass is 407 g/mol. The van der Waals surface area contributed by atoms with Crippen molar-refractivity contribution in [3.8, 4) is 5.75 Å². The fourth-order valence-corrected chi connectivity index (χ4v) is 3.05. The Morgan fingerprint density at radius 3 is 2.66 bits per heavy atom. The van der Waals surface area contributed by atoms with Gasteiger partial charge in [-0.05, 0) is 31.2 Å². The van der Waals surface area contributed by atoms with Gasteiger partial charge in [0.2, 0.25) is 5.91 Å². The number of carbonyl (C=O) groups is 1. The van der Waals surface area contributed by atoms with Gasteiger partial charge in [-0.2, -0.15) is 13.2 Å². The number of benzene rings is 2. The van der Waals surface area contributed by atoms with E-state index in [1.165, 1.54) is 31.4 Å². The average Bonchev–Trinajstić information content (AvgIpc) is 2.95. The number of aliphatic imine (C=N–C) groups is 1. The van der Waals surface area contributed by atoms with E-state index in [4.69, 9.17) is 9.57 Å². The van der Waals surface area contributed by atoms with Crippen LogP contribution in [0.15, 0.2) is 53.5 Å². The molecule has 0 aliphatic carbocycles. The van der Waals surface area contributed by atoms with Crippen LogP contribution in [0.3, 0.4) is 0 Å². The van der Waals surface area contributed by atoms with Crippen molar-refractivity contribution in [2.45, 2.75) is 25.2 Å². The molecule has 1 atom stereocenters. The fraction of sp³-hybridized carbons (Fsp3) is 0.300. The van der Waals surface area contributed by atoms with Crippen molar-refractivity contribution in [3.63, 3.8) is 0 Å². The summed E-state index contributed by atoms with van der Waals surface area (Å²) in [5.74, 6) is 0.340. The van der Waals surface area contributed by atoms with Crippen molar-refractivity contribution in [3.05, 3.63) is 59.7 Å². The minimum atomic E-state index is -4.47. The molecule has 1 N–H and O–H groups in total. The minimum absolute atomic E-state index is 0.141. The molecule has 0 fully saturated rings. The van der Waals surface area contributed by atoms with Crippen LogP contribution in [0.1, 0.15) is 24.5 Å². The summed E-state index contributed by atoms with van der Waals surface area (Å²) in [5, 5.41) is 4.00. The van der Waals surface area contributed by atoms with Gasteiger partial charge >= 0.3 is 6.18 Å². The number of amides is 1. The van der Waals surface area contributed by atoms with Crippen LogP contribution in [0.25, 0.3) is 0 Å². The van der Waals surface area contributed by atoms with Gasteiger partial charge in [-0.1, -0.05) is 24.3 Å². The third-order valence-corrected chi connectivity index (χ3v) is 4.29. The predicted octanol–water partition coefficient (Wildman–Crippen LogP) is 4.08. The molecule has 1 aliphatic heterocycles. The van der Waals surface area contributed by atoms with E-state index < -0.39 is 17.5 Å². The molecule has 1 amide bonds. The standard InChI is InChI=1S/C20H20F3N3O3/c1-19(12-17(27)24-15-9-4-5-10-16(15)28-3)25-18(26(2)29-19)13-7-6-8-14(11-13)20(21,22)23/h4-11H,12H2,1-3H3,(H,24,27). The van der Waals surface area contributed by atoms with Crippen LogP contribution in [-0.4, -0.2) is 36.7 Å². The molecule has 1 unspecified atom stereocenters. The highest BCUT2D eigenvalue weighted by molar-refractivity contribution is 6.00. The van der Waals surface area contributed by atoms with Gasteiger partial charge in [0, 0.05) is 12.6 Å². The summed E-state index contributed by atoms with van der Waals surface area (Å²) in [6.45, 7) is 1.59. The summed E-state index contributed by atoms with van der Waals surface area (Å²) in [7, 11) is 3.02. The van der Waals surface area contributed by atoms with Gasteiger partial charge in [-0.15, -0.1) is 0 Å². The normalized spacial score (nSPS) is 19.1. The summed E-state index contributed by atoms with van der Waals surface area (Å²) in [4.78, 5) is 22.5. The van der Waals surface area contributed by atoms with Crippen LogP contribution in [0, 0.1) is 0 Å². The van der Waals surface area contributed by atoms with Crippen molar-refractivity contribution in [2.75, 3.05) is 19.5 Å². The Balaban J connectivity index is 1.79. The molecule has 0 aromatic heterocycles. The number of nitrogens with one attached hydrogen (secondary N) is 1. The molecule has 1 heterocycles. The van der Waals surface area contributed by atoms with Gasteiger partial charge in [-0.25, -0.2) is 14.9 Å². The number of para-hydroxylation sites is 2. The van der Waals surface area contributed by atoms with E-state index in [1.807, 2.05) is 0 Å². The van der Waals surface area contributed by atoms with Gasteiger partial charge in [0.15, 0.2) is 11.6 Å². The van der Waals surface area contributed by atoms with E-state index in [2.05, 4.69) is 10.3 Å². The maximum absolute atomic E-state index is 13.0. The third kappa shape index (κ3) is 4.68. The number of ether oxygens (including phenoxy) is 1. The molecule has 0 radical (unpaired) electrons. The van der Waals surface area contributed by atoms with E-state index in [9.17, 15) is 18.0 Å². The maximum Gasteiger partial charge on any atom is 0.416 e. The number of amidine groups is 1. The van der Waals surface area contributed by atoms with Crippen LogP contribution >= 0.6 is 0 Å². The molecule has 154 valence electrons. The number of halogens is 3. The molecule has 2 aromatic carbocycles. The lowest BCUT2D eigenvalue weighted by atomic mass is 10.1. The van der Waals surface area contributed by atoms with Crippen LogP contribution < -0.4 is 10.1 Å². The Kier molecular flexibility index (Phi) is 5.52. The number of nitrogens with zero attached hydrogens (tertiary/aromatic N) is 2. The summed E-state index contributed by atoms with van der Waals surface area (Å²) in [6.07, 6.45) is -4.61. The van der Waals surface area contributed by atoms with Gasteiger partial charge < -0.3 is 10.1 Å². The highest BCUT2D eigenvalue weighted by atomic mass is 19.4. The molecule has 0 saturated heterocycles. The second-order valence-electron chi connectivity index (χ2n) is 6.70. The van der Waals surface area contributed by atoms with Gasteiger partial charge in [0.05, 0.1) is 24.8 Å². The zero-order valence-electron chi connectivity index (χ0n) is 16.1. The van der Waals surface area contributed by atoms with Crippen LogP contribution in [0.5, 0.6) is 5.75 Å². The van der Waals surface area contributed by atoms with Crippen molar-refractivity contribution in [1.82, 2.24) is 5.06 Å². The maximum atomic E-state index is 13.0. The van der Waals surface area contributed by atoms with Crippen LogP contribution in [-0.2, 0) is 15.8 Å². The fourth-order valence-electron chi connectivity index (χ4n) is 3.05. The van der Waals surface area contributed by atoms with E-state index >= 15 is 0 Å². The van der Waals surface area contributed by atoms with Crippen LogP contribution in [0.2, 0.25) is 0 Å². The summed E-state index contributed by atoms with van der Waals surface area (Å²) in [5.41, 5.74) is -1.30. The molecule has 1 aliphatic rings. The van der Waals surface area contributed by atoms with Crippen molar-refractivity contribution in [2.24, 2.45) is 4.99 Å². The number of hydrogen-bond donors (Lipinski definition) is 1. The molecule has 6 nitrogen and oxygen atoms in total. The highest BCUT2D eigenvalue weighted by Gasteiger charge is 2.39. The number of carbonyl (C=O) groups excluding carboxylic acids is 1. The number of methoxy groups -OCH3 is 1. The lowest BCUT2D eigenvalue weighted by Crippen LogP contribution is -2.32. The second kappa shape index (κ2) is 7.75. The van der Waals surface area contributed by atoms with E-state index in [0.717, 1.165) is 12.1 Å². The third-order valence-electron chi connectivity index (χ3n) is 4.29. The lowest BCUT2D eigenvalue weighted by molar-refractivity contribution is -0.164. The minimum Gasteiger partial charge on any atom is -0.495 e. The molecule has 3 rings (SSSR count). The topological polar surface area (TPSA) is 63.2 Å². The van der Waals surface area contributed by atoms with Crippen LogP contribution in [0.4, 0.5) is 18.9 Å². The smallest absolute Gasteiger partial charge is 0.416 e. The Morgan fingerprint density at radius 2 is 1.97 bits per heavy atom. The number of hydroxylamine groups is 2. The van der Waals surface area contributed by atoms with Gasteiger partial charge in [0.1, 0.15) is 5.75 Å². The molecule has 0 saturated carbocycles. The second-order valence-corrected chi connectivity index (χ2v) is 6.70. The number of hydrogen-bond acceptors (Lipinski definition) is 5. The molecule has 0 spiro atoms. The molecular weight excluding hydrogens is 387 g/mol. The predicted molar refractivity (Wildman–Crippen MR) is 101 cm³/mol. The Morgan fingerprint density at radius 1 is 1.24 bits per heavy atom. The highest BCUT2D eigenvalue weighted by Crippen LogP contribution is 2.33. The van der Waals surface area contributed by atoms with Gasteiger partial charge in [-0.3, -0.25) is 4.79 Å². The van der Waals surface area contributed by atoms with E-state index in [0.29, 0.717) is 11.4 Å². The average molecular weight is 407 g/mol. The van der Waals surface area contributed by atoms with E-state index in [-0.39, 0.29) is 23.7 Å². The quantitative estimate of drug-likeness (QED) is 0.811. The van der Waals surface area contributed by atoms with E-state index in [1.54, 1.807) is 31.2 Å². The molecule has 2 aromatic rings. The number of rotatable bonds is 5. The molecular formula is C20H20F3N3O3. The molecule has 29 heavy (non-hydrogen) atoms. The first kappa shape index (κ1) is 20.7. The Bertz CT molecular complexity index is 946. The first-order valence-corrected chi connectivity index (χ1v) is 8.74. The summed E-state index contributed by atoms with van der Waals surface area (Å²) >= 11 is 0. The van der Waals surface area contributed by atoms with Gasteiger partial charge in [0.25, 0.3) is 0 Å². The number of alkyl halides is 3. The first-order chi connectivity index (χ1) is 13.6. The zero-order chi connectivity index (χ0) is 21.2. The molecule has 0 bridgehead atoms. The SMILES string of the molecule is COc1ccccc1NC(=O)CC1(C)N=C(c2cccc(C(F)(F)F)c2)N(C)O1.